The first-order valence-electron chi connectivity index (χ1n) is 5.83. The van der Waals surface area contributed by atoms with Crippen LogP contribution in [-0.2, 0) is 0 Å². The predicted molar refractivity (Wildman–Crippen MR) is 62.2 cm³/mol. The lowest BCUT2D eigenvalue weighted by Crippen LogP contribution is -2.27. The van der Waals surface area contributed by atoms with E-state index < -0.39 is 30.3 Å². The summed E-state index contributed by atoms with van der Waals surface area (Å²) in [7, 11) is 0. The zero-order valence-electron chi connectivity index (χ0n) is 9.69. The first-order valence-corrected chi connectivity index (χ1v) is 5.83. The van der Waals surface area contributed by atoms with E-state index in [4.69, 9.17) is 0 Å². The first-order chi connectivity index (χ1) is 8.02. The van der Waals surface area contributed by atoms with E-state index in [9.17, 15) is 20.4 Å². The molecule has 0 spiro atoms. The third kappa shape index (κ3) is 2.21. The van der Waals surface area contributed by atoms with Crippen molar-refractivity contribution in [3.8, 4) is 0 Å². The molecule has 1 aromatic rings. The number of hydrogen-bond acceptors (Lipinski definition) is 4. The third-order valence-corrected chi connectivity index (χ3v) is 3.54. The van der Waals surface area contributed by atoms with Gasteiger partial charge in [0, 0.05) is 5.92 Å². The van der Waals surface area contributed by atoms with Crippen molar-refractivity contribution in [1.29, 1.82) is 0 Å². The van der Waals surface area contributed by atoms with Crippen LogP contribution in [0.5, 0.6) is 0 Å². The molecule has 0 radical (unpaired) electrons. The summed E-state index contributed by atoms with van der Waals surface area (Å²) in [4.78, 5) is 0. The normalized spacial score (nSPS) is 34.9. The Kier molecular flexibility index (Phi) is 3.49. The quantitative estimate of drug-likeness (QED) is 0.538. The number of fused-ring (bicyclic) bond motifs is 1. The maximum Gasteiger partial charge on any atom is 0.105 e. The van der Waals surface area contributed by atoms with E-state index in [2.05, 4.69) is 0 Å². The maximum atomic E-state index is 10.2. The Hall–Kier alpha value is -0.940. The highest BCUT2D eigenvalue weighted by Gasteiger charge is 2.36. The molecule has 1 aliphatic rings. The molecule has 94 valence electrons. The molecule has 0 aromatic heterocycles. The van der Waals surface area contributed by atoms with Crippen LogP contribution >= 0.6 is 0 Å². The highest BCUT2D eigenvalue weighted by molar-refractivity contribution is 5.33. The van der Waals surface area contributed by atoms with E-state index in [1.165, 1.54) is 0 Å². The Balaban J connectivity index is 2.47. The summed E-state index contributed by atoms with van der Waals surface area (Å²) < 4.78 is 0. The topological polar surface area (TPSA) is 80.9 Å². The fourth-order valence-corrected chi connectivity index (χ4v) is 2.48. The Morgan fingerprint density at radius 1 is 1.06 bits per heavy atom. The number of hydrogen-bond donors (Lipinski definition) is 4. The van der Waals surface area contributed by atoms with Crippen LogP contribution in [0, 0.1) is 5.92 Å². The molecule has 17 heavy (non-hydrogen) atoms. The Morgan fingerprint density at radius 3 is 2.12 bits per heavy atom. The summed E-state index contributed by atoms with van der Waals surface area (Å²) in [6, 6.07) is 6.93. The fourth-order valence-electron chi connectivity index (χ4n) is 2.48. The van der Waals surface area contributed by atoms with Gasteiger partial charge in [-0.05, 0) is 24.5 Å². The van der Waals surface area contributed by atoms with Gasteiger partial charge >= 0.3 is 0 Å². The third-order valence-electron chi connectivity index (χ3n) is 3.54. The van der Waals surface area contributed by atoms with Crippen molar-refractivity contribution in [2.24, 2.45) is 5.92 Å². The highest BCUT2D eigenvalue weighted by Crippen LogP contribution is 2.39. The average molecular weight is 238 g/mol. The molecule has 0 saturated carbocycles. The number of aliphatic hydroxyl groups is 4. The Morgan fingerprint density at radius 2 is 1.59 bits per heavy atom. The molecule has 0 saturated heterocycles. The maximum absolute atomic E-state index is 10.2. The van der Waals surface area contributed by atoms with Crippen molar-refractivity contribution in [2.45, 2.75) is 37.8 Å². The lowest BCUT2D eigenvalue weighted by molar-refractivity contribution is -0.0325. The van der Waals surface area contributed by atoms with Gasteiger partial charge in [-0.1, -0.05) is 24.3 Å². The van der Waals surface area contributed by atoms with Crippen LogP contribution in [0.3, 0.4) is 0 Å². The molecule has 5 atom stereocenters. The van der Waals surface area contributed by atoms with E-state index in [0.29, 0.717) is 11.1 Å². The summed E-state index contributed by atoms with van der Waals surface area (Å²) in [5.74, 6) is -0.469. The van der Waals surface area contributed by atoms with Crippen LogP contribution in [0.4, 0.5) is 0 Å². The smallest absolute Gasteiger partial charge is 0.105 e. The standard InChI is InChI=1S/C13H18O4/c1-7(14)10-6-11(15)13(17)9-5-3-2-4-8(9)12(10)16/h2-5,7,10-17H,6H2,1H3/t7-,10+,11-,12+,13+/m0/s1. The highest BCUT2D eigenvalue weighted by atomic mass is 16.3. The molecule has 1 aromatic carbocycles. The number of rotatable bonds is 1. The molecule has 1 aliphatic carbocycles. The van der Waals surface area contributed by atoms with Gasteiger partial charge in [-0.2, -0.15) is 0 Å². The zero-order valence-corrected chi connectivity index (χ0v) is 9.69. The summed E-state index contributed by atoms with van der Waals surface area (Å²) in [5, 5.41) is 39.7. The second-order valence-electron chi connectivity index (χ2n) is 4.73. The SMILES string of the molecule is C[C@H](O)[C@H]1C[C@H](O)[C@H](O)c2ccccc2[C@H]1O. The van der Waals surface area contributed by atoms with Gasteiger partial charge in [-0.3, -0.25) is 0 Å². The Labute approximate surface area is 100 Å². The van der Waals surface area contributed by atoms with E-state index in [1.807, 2.05) is 0 Å². The van der Waals surface area contributed by atoms with Gasteiger partial charge in [0.1, 0.15) is 6.10 Å². The lowest BCUT2D eigenvalue weighted by Gasteiger charge is -2.25. The zero-order chi connectivity index (χ0) is 12.6. The van der Waals surface area contributed by atoms with Crippen LogP contribution in [0.1, 0.15) is 36.7 Å². The second-order valence-corrected chi connectivity index (χ2v) is 4.73. The molecule has 0 amide bonds. The van der Waals surface area contributed by atoms with Gasteiger partial charge < -0.3 is 20.4 Å². The van der Waals surface area contributed by atoms with Crippen LogP contribution in [0.15, 0.2) is 24.3 Å². The molecule has 2 rings (SSSR count). The molecular formula is C13H18O4. The fraction of sp³-hybridized carbons (Fsp3) is 0.538. The molecule has 4 nitrogen and oxygen atoms in total. The van der Waals surface area contributed by atoms with Crippen LogP contribution in [-0.4, -0.2) is 32.6 Å². The molecule has 0 unspecified atom stereocenters. The van der Waals surface area contributed by atoms with Crippen LogP contribution in [0.2, 0.25) is 0 Å². The molecule has 0 fully saturated rings. The first kappa shape index (κ1) is 12.5. The lowest BCUT2D eigenvalue weighted by atomic mass is 9.89. The summed E-state index contributed by atoms with van der Waals surface area (Å²) in [6.45, 7) is 1.58. The van der Waals surface area contributed by atoms with Gasteiger partial charge in [0.2, 0.25) is 0 Å². The summed E-state index contributed by atoms with van der Waals surface area (Å²) in [6.07, 6.45) is -3.40. The number of aliphatic hydroxyl groups excluding tert-OH is 4. The van der Waals surface area contributed by atoms with Crippen LogP contribution < -0.4 is 0 Å². The monoisotopic (exact) mass is 238 g/mol. The summed E-state index contributed by atoms with van der Waals surface area (Å²) in [5.41, 5.74) is 1.12. The minimum Gasteiger partial charge on any atom is -0.393 e. The van der Waals surface area contributed by atoms with Crippen molar-refractivity contribution in [3.05, 3.63) is 35.4 Å². The van der Waals surface area contributed by atoms with Crippen molar-refractivity contribution in [2.75, 3.05) is 0 Å². The van der Waals surface area contributed by atoms with E-state index in [1.54, 1.807) is 31.2 Å². The van der Waals surface area contributed by atoms with E-state index in [0.717, 1.165) is 0 Å². The van der Waals surface area contributed by atoms with Crippen molar-refractivity contribution in [3.63, 3.8) is 0 Å². The molecule has 4 N–H and O–H groups in total. The van der Waals surface area contributed by atoms with E-state index in [-0.39, 0.29) is 6.42 Å². The van der Waals surface area contributed by atoms with Crippen molar-refractivity contribution in [1.82, 2.24) is 0 Å². The van der Waals surface area contributed by atoms with E-state index >= 15 is 0 Å². The minimum atomic E-state index is -1.01. The van der Waals surface area contributed by atoms with Gasteiger partial charge in [-0.15, -0.1) is 0 Å². The summed E-state index contributed by atoms with van der Waals surface area (Å²) >= 11 is 0. The van der Waals surface area contributed by atoms with Crippen LogP contribution in [0.25, 0.3) is 0 Å². The van der Waals surface area contributed by atoms with Gasteiger partial charge in [0.25, 0.3) is 0 Å². The second kappa shape index (κ2) is 4.74. The minimum absolute atomic E-state index is 0.175. The Bertz CT molecular complexity index is 391. The average Bonchev–Trinajstić information content (AvgIpc) is 2.41. The van der Waals surface area contributed by atoms with Crippen molar-refractivity contribution < 1.29 is 20.4 Å². The van der Waals surface area contributed by atoms with Gasteiger partial charge in [0.05, 0.1) is 18.3 Å². The molecular weight excluding hydrogens is 220 g/mol. The van der Waals surface area contributed by atoms with Crippen molar-refractivity contribution >= 4 is 0 Å². The number of benzene rings is 1. The molecule has 0 bridgehead atoms. The molecule has 0 heterocycles. The predicted octanol–water partition coefficient (Wildman–Crippen LogP) is 0.515. The molecule has 0 aliphatic heterocycles. The largest absolute Gasteiger partial charge is 0.393 e. The molecule has 4 heteroatoms. The van der Waals surface area contributed by atoms with Gasteiger partial charge in [0.15, 0.2) is 0 Å². The van der Waals surface area contributed by atoms with Gasteiger partial charge in [-0.25, -0.2) is 0 Å².